The van der Waals surface area contributed by atoms with Gasteiger partial charge in [0.1, 0.15) is 11.4 Å². The predicted octanol–water partition coefficient (Wildman–Crippen LogP) is 3.91. The molecule has 26 heavy (non-hydrogen) atoms. The number of aromatic nitrogens is 3. The fourth-order valence-electron chi connectivity index (χ4n) is 2.40. The number of hydrogen-bond donors (Lipinski definition) is 2. The van der Waals surface area contributed by atoms with Crippen LogP contribution in [-0.4, -0.2) is 21.3 Å². The molecule has 4 rings (SSSR count). The molecule has 3 heterocycles. The van der Waals surface area contributed by atoms with Gasteiger partial charge in [-0.15, -0.1) is 0 Å². The molecule has 1 aromatic carbocycles. The molecule has 130 valence electrons. The molecular weight excluding hydrogens is 356 g/mol. The number of hydrogen-bond acceptors (Lipinski definition) is 5. The third-order valence-electron chi connectivity index (χ3n) is 3.71. The molecule has 8 heteroatoms. The number of furan rings is 1. The van der Waals surface area contributed by atoms with E-state index >= 15 is 0 Å². The van der Waals surface area contributed by atoms with Crippen molar-refractivity contribution in [3.05, 3.63) is 71.2 Å². The van der Waals surface area contributed by atoms with Crippen LogP contribution in [-0.2, 0) is 6.54 Å². The summed E-state index contributed by atoms with van der Waals surface area (Å²) in [4.78, 5) is 12.2. The maximum Gasteiger partial charge on any atom is 0.272 e. The minimum atomic E-state index is -0.324. The van der Waals surface area contributed by atoms with Crippen molar-refractivity contribution < 1.29 is 13.7 Å². The monoisotopic (exact) mass is 368 g/mol. The number of nitrogens with one attached hydrogen (secondary N) is 2. The molecule has 0 atom stereocenters. The molecule has 0 bridgehead atoms. The minimum Gasteiger partial charge on any atom is -0.463 e. The van der Waals surface area contributed by atoms with Gasteiger partial charge >= 0.3 is 0 Å². The SMILES string of the molecule is O=C(NCc1cc(-c2ccc(Cl)cc2)on1)c1cc(-c2ccco2)[nH]n1. The van der Waals surface area contributed by atoms with E-state index in [2.05, 4.69) is 20.7 Å². The van der Waals surface area contributed by atoms with Crippen LogP contribution in [0, 0.1) is 0 Å². The first-order chi connectivity index (χ1) is 12.7. The van der Waals surface area contributed by atoms with Crippen LogP contribution in [0.3, 0.4) is 0 Å². The number of benzene rings is 1. The summed E-state index contributed by atoms with van der Waals surface area (Å²) in [5, 5.41) is 14.1. The number of carbonyl (C=O) groups excluding carboxylic acids is 1. The molecule has 0 aliphatic carbocycles. The Morgan fingerprint density at radius 3 is 2.77 bits per heavy atom. The molecule has 0 radical (unpaired) electrons. The zero-order valence-electron chi connectivity index (χ0n) is 13.4. The second-order valence-corrected chi connectivity index (χ2v) is 5.95. The molecule has 0 saturated carbocycles. The summed E-state index contributed by atoms with van der Waals surface area (Å²) in [5.41, 5.74) is 2.35. The molecule has 4 aromatic rings. The number of nitrogens with zero attached hydrogens (tertiary/aromatic N) is 2. The van der Waals surface area contributed by atoms with E-state index in [4.69, 9.17) is 20.5 Å². The lowest BCUT2D eigenvalue weighted by molar-refractivity contribution is 0.0945. The van der Waals surface area contributed by atoms with Crippen molar-refractivity contribution in [2.24, 2.45) is 0 Å². The van der Waals surface area contributed by atoms with Crippen LogP contribution in [0.2, 0.25) is 5.02 Å². The Morgan fingerprint density at radius 2 is 2.00 bits per heavy atom. The molecule has 3 aromatic heterocycles. The van der Waals surface area contributed by atoms with Crippen LogP contribution in [0.25, 0.3) is 22.8 Å². The number of rotatable bonds is 5. The molecule has 2 N–H and O–H groups in total. The number of carbonyl (C=O) groups is 1. The zero-order chi connectivity index (χ0) is 17.9. The molecule has 0 aliphatic heterocycles. The van der Waals surface area contributed by atoms with Crippen LogP contribution in [0.1, 0.15) is 16.2 Å². The van der Waals surface area contributed by atoms with E-state index in [0.717, 1.165) is 5.56 Å². The summed E-state index contributed by atoms with van der Waals surface area (Å²) in [6.07, 6.45) is 1.55. The summed E-state index contributed by atoms with van der Waals surface area (Å²) in [5.74, 6) is 0.890. The van der Waals surface area contributed by atoms with Crippen molar-refractivity contribution in [2.75, 3.05) is 0 Å². The molecule has 0 saturated heterocycles. The second-order valence-electron chi connectivity index (χ2n) is 5.52. The number of H-pyrrole nitrogens is 1. The Bertz CT molecular complexity index is 1020. The predicted molar refractivity (Wildman–Crippen MR) is 94.4 cm³/mol. The lowest BCUT2D eigenvalue weighted by atomic mass is 10.1. The van der Waals surface area contributed by atoms with Gasteiger partial charge < -0.3 is 14.3 Å². The van der Waals surface area contributed by atoms with Gasteiger partial charge in [0, 0.05) is 22.7 Å². The Balaban J connectivity index is 1.40. The van der Waals surface area contributed by atoms with Crippen molar-refractivity contribution in [2.45, 2.75) is 6.54 Å². The fourth-order valence-corrected chi connectivity index (χ4v) is 2.53. The van der Waals surface area contributed by atoms with Crippen molar-refractivity contribution in [3.63, 3.8) is 0 Å². The highest BCUT2D eigenvalue weighted by Gasteiger charge is 2.14. The summed E-state index contributed by atoms with van der Waals surface area (Å²) in [7, 11) is 0. The first-order valence-corrected chi connectivity index (χ1v) is 8.16. The van der Waals surface area contributed by atoms with Gasteiger partial charge in [-0.1, -0.05) is 16.8 Å². The van der Waals surface area contributed by atoms with E-state index in [9.17, 15) is 4.79 Å². The molecule has 7 nitrogen and oxygen atoms in total. The molecule has 0 spiro atoms. The average Bonchev–Trinajstić information content (AvgIpc) is 3.41. The van der Waals surface area contributed by atoms with E-state index in [-0.39, 0.29) is 18.1 Å². The van der Waals surface area contributed by atoms with Gasteiger partial charge in [-0.05, 0) is 36.4 Å². The van der Waals surface area contributed by atoms with Gasteiger partial charge in [0.05, 0.1) is 12.8 Å². The molecular formula is C18H13ClN4O3. The van der Waals surface area contributed by atoms with Gasteiger partial charge in [-0.25, -0.2) is 0 Å². The normalized spacial score (nSPS) is 10.8. The second kappa shape index (κ2) is 6.89. The fraction of sp³-hybridized carbons (Fsp3) is 0.0556. The highest BCUT2D eigenvalue weighted by molar-refractivity contribution is 6.30. The molecule has 0 aliphatic rings. The van der Waals surface area contributed by atoms with E-state index in [1.165, 1.54) is 0 Å². The van der Waals surface area contributed by atoms with Gasteiger partial charge in [0.15, 0.2) is 17.2 Å². The third kappa shape index (κ3) is 3.38. The van der Waals surface area contributed by atoms with E-state index in [0.29, 0.717) is 27.9 Å². The quantitative estimate of drug-likeness (QED) is 0.556. The lowest BCUT2D eigenvalue weighted by Gasteiger charge is -1.98. The van der Waals surface area contributed by atoms with Crippen molar-refractivity contribution in [3.8, 4) is 22.8 Å². The first kappa shape index (κ1) is 16.2. The smallest absolute Gasteiger partial charge is 0.272 e. The maximum atomic E-state index is 12.2. The Labute approximate surface area is 153 Å². The molecule has 0 unspecified atom stereocenters. The number of aromatic amines is 1. The van der Waals surface area contributed by atoms with E-state index in [1.54, 1.807) is 42.7 Å². The number of halogens is 1. The van der Waals surface area contributed by atoms with Crippen LogP contribution in [0.5, 0.6) is 0 Å². The van der Waals surface area contributed by atoms with Gasteiger partial charge in [0.2, 0.25) is 0 Å². The van der Waals surface area contributed by atoms with E-state index in [1.807, 2.05) is 12.1 Å². The minimum absolute atomic E-state index is 0.221. The van der Waals surface area contributed by atoms with Crippen molar-refractivity contribution in [1.82, 2.24) is 20.7 Å². The highest BCUT2D eigenvalue weighted by Crippen LogP contribution is 2.22. The van der Waals surface area contributed by atoms with Gasteiger partial charge in [-0.2, -0.15) is 5.10 Å². The third-order valence-corrected chi connectivity index (χ3v) is 3.97. The lowest BCUT2D eigenvalue weighted by Crippen LogP contribution is -2.23. The van der Waals surface area contributed by atoms with Crippen molar-refractivity contribution >= 4 is 17.5 Å². The summed E-state index contributed by atoms with van der Waals surface area (Å²) in [6, 6.07) is 14.2. The molecule has 0 fully saturated rings. The first-order valence-electron chi connectivity index (χ1n) is 7.78. The summed E-state index contributed by atoms with van der Waals surface area (Å²) >= 11 is 5.87. The number of amides is 1. The molecule has 1 amide bonds. The Hall–Kier alpha value is -3.32. The van der Waals surface area contributed by atoms with Crippen LogP contribution in [0.4, 0.5) is 0 Å². The maximum absolute atomic E-state index is 12.2. The van der Waals surface area contributed by atoms with Gasteiger partial charge in [0.25, 0.3) is 5.91 Å². The standard InChI is InChI=1S/C18H13ClN4O3/c19-12-5-3-11(4-6-12)17-8-13(23-26-17)10-20-18(24)15-9-14(21-22-15)16-2-1-7-25-16/h1-9H,10H2,(H,20,24)(H,21,22). The summed E-state index contributed by atoms with van der Waals surface area (Å²) < 4.78 is 10.6. The highest BCUT2D eigenvalue weighted by atomic mass is 35.5. The van der Waals surface area contributed by atoms with Gasteiger partial charge in [-0.3, -0.25) is 9.89 Å². The van der Waals surface area contributed by atoms with Crippen LogP contribution < -0.4 is 5.32 Å². The van der Waals surface area contributed by atoms with Crippen LogP contribution in [0.15, 0.2) is 63.7 Å². The summed E-state index contributed by atoms with van der Waals surface area (Å²) in [6.45, 7) is 0.221. The zero-order valence-corrected chi connectivity index (χ0v) is 14.2. The average molecular weight is 369 g/mol. The Morgan fingerprint density at radius 1 is 1.15 bits per heavy atom. The van der Waals surface area contributed by atoms with E-state index < -0.39 is 0 Å². The van der Waals surface area contributed by atoms with Crippen molar-refractivity contribution in [1.29, 1.82) is 0 Å². The van der Waals surface area contributed by atoms with Crippen LogP contribution >= 0.6 is 11.6 Å². The largest absolute Gasteiger partial charge is 0.463 e. The topological polar surface area (TPSA) is 97.0 Å². The Kier molecular flexibility index (Phi) is 4.28.